The van der Waals surface area contributed by atoms with Gasteiger partial charge in [-0.25, -0.2) is 0 Å². The number of imide groups is 1. The van der Waals surface area contributed by atoms with Crippen LogP contribution < -0.4 is 10.1 Å². The summed E-state index contributed by atoms with van der Waals surface area (Å²) >= 11 is 11.8. The zero-order valence-corrected chi connectivity index (χ0v) is 15.2. The number of nitrogens with zero attached hydrogens (tertiary/aromatic N) is 1. The Kier molecular flexibility index (Phi) is 5.15. The second-order valence-electron chi connectivity index (χ2n) is 5.57. The van der Waals surface area contributed by atoms with Crippen molar-refractivity contribution in [3.8, 4) is 5.75 Å². The van der Waals surface area contributed by atoms with E-state index in [9.17, 15) is 14.4 Å². The Hall–Kier alpha value is -2.57. The van der Waals surface area contributed by atoms with E-state index in [-0.39, 0.29) is 40.0 Å². The van der Waals surface area contributed by atoms with Crippen LogP contribution in [-0.4, -0.2) is 36.3 Å². The van der Waals surface area contributed by atoms with Gasteiger partial charge in [-0.1, -0.05) is 35.3 Å². The Bertz CT molecular complexity index is 873. The number of fused-ring (bicyclic) bond motifs is 1. The fourth-order valence-corrected chi connectivity index (χ4v) is 2.99. The maximum Gasteiger partial charge on any atom is 0.261 e. The lowest BCUT2D eigenvalue weighted by molar-refractivity contribution is -0.116. The molecule has 0 fully saturated rings. The first-order chi connectivity index (χ1) is 12.4. The Balaban J connectivity index is 1.68. The van der Waals surface area contributed by atoms with E-state index in [2.05, 4.69) is 5.32 Å². The van der Waals surface area contributed by atoms with E-state index >= 15 is 0 Å². The van der Waals surface area contributed by atoms with Gasteiger partial charge >= 0.3 is 0 Å². The van der Waals surface area contributed by atoms with E-state index in [0.717, 1.165) is 4.90 Å². The third kappa shape index (κ3) is 3.38. The normalized spacial score (nSPS) is 13.0. The first-order valence-electron chi connectivity index (χ1n) is 7.70. The lowest BCUT2D eigenvalue weighted by Gasteiger charge is -2.14. The maximum absolute atomic E-state index is 12.4. The summed E-state index contributed by atoms with van der Waals surface area (Å²) in [7, 11) is 1.50. The number of anilines is 1. The van der Waals surface area contributed by atoms with E-state index in [0.29, 0.717) is 11.4 Å². The van der Waals surface area contributed by atoms with Gasteiger partial charge in [0.25, 0.3) is 11.8 Å². The number of ether oxygens (including phenoxy) is 1. The van der Waals surface area contributed by atoms with Gasteiger partial charge in [0.2, 0.25) is 5.91 Å². The number of hydrogen-bond donors (Lipinski definition) is 1. The summed E-state index contributed by atoms with van der Waals surface area (Å²) in [5.41, 5.74) is 0.894. The molecule has 0 unspecified atom stereocenters. The number of halogens is 2. The lowest BCUT2D eigenvalue weighted by Crippen LogP contribution is -2.32. The summed E-state index contributed by atoms with van der Waals surface area (Å²) in [6.45, 7) is -0.0530. The van der Waals surface area contributed by atoms with Gasteiger partial charge in [-0.15, -0.1) is 0 Å². The molecule has 134 valence electrons. The number of methoxy groups -OCH3 is 1. The summed E-state index contributed by atoms with van der Waals surface area (Å²) < 4.78 is 5.16. The Morgan fingerprint density at radius 1 is 1.08 bits per heavy atom. The Morgan fingerprint density at radius 3 is 2.23 bits per heavy atom. The molecular weight excluding hydrogens is 379 g/mol. The van der Waals surface area contributed by atoms with Crippen molar-refractivity contribution in [1.82, 2.24) is 4.90 Å². The Labute approximate surface area is 159 Å². The van der Waals surface area contributed by atoms with E-state index in [1.807, 2.05) is 0 Å². The lowest BCUT2D eigenvalue weighted by atomic mass is 10.1. The van der Waals surface area contributed by atoms with Crippen molar-refractivity contribution >= 4 is 46.6 Å². The molecule has 0 saturated carbocycles. The minimum Gasteiger partial charge on any atom is -0.495 e. The third-order valence-electron chi connectivity index (χ3n) is 3.96. The first-order valence-corrected chi connectivity index (χ1v) is 8.46. The van der Waals surface area contributed by atoms with Crippen molar-refractivity contribution in [2.24, 2.45) is 0 Å². The summed E-state index contributed by atoms with van der Waals surface area (Å²) in [5, 5.41) is 3.09. The average Bonchev–Trinajstić information content (AvgIpc) is 2.84. The minimum atomic E-state index is -0.492. The molecule has 1 aliphatic rings. The number of benzene rings is 2. The highest BCUT2D eigenvalue weighted by Gasteiger charge is 2.36. The highest BCUT2D eigenvalue weighted by Crippen LogP contribution is 2.31. The number of amides is 3. The van der Waals surface area contributed by atoms with Gasteiger partial charge in [0, 0.05) is 13.0 Å². The molecule has 0 aliphatic carbocycles. The van der Waals surface area contributed by atoms with Crippen LogP contribution in [0.2, 0.25) is 10.0 Å². The van der Waals surface area contributed by atoms with Crippen LogP contribution in [0.3, 0.4) is 0 Å². The largest absolute Gasteiger partial charge is 0.495 e. The van der Waals surface area contributed by atoms with Crippen LogP contribution in [0, 0.1) is 0 Å². The van der Waals surface area contributed by atoms with Crippen LogP contribution in [0.25, 0.3) is 0 Å². The molecule has 2 aromatic rings. The number of para-hydroxylation sites is 2. The summed E-state index contributed by atoms with van der Waals surface area (Å²) in [6.07, 6.45) is -0.0506. The molecule has 1 heterocycles. The van der Waals surface area contributed by atoms with E-state index in [1.165, 1.54) is 19.2 Å². The third-order valence-corrected chi connectivity index (χ3v) is 4.68. The van der Waals surface area contributed by atoms with Crippen molar-refractivity contribution < 1.29 is 19.1 Å². The molecule has 2 aromatic carbocycles. The molecule has 0 radical (unpaired) electrons. The molecule has 0 aromatic heterocycles. The smallest absolute Gasteiger partial charge is 0.261 e. The SMILES string of the molecule is COc1ccccc1NC(=O)CCN1C(=O)c2cc(Cl)c(Cl)cc2C1=O. The second kappa shape index (κ2) is 7.35. The van der Waals surface area contributed by atoms with Gasteiger partial charge in [0.1, 0.15) is 5.75 Å². The van der Waals surface area contributed by atoms with Gasteiger partial charge in [0.05, 0.1) is 34.0 Å². The number of nitrogens with one attached hydrogen (secondary N) is 1. The van der Waals surface area contributed by atoms with Crippen LogP contribution >= 0.6 is 23.2 Å². The molecule has 8 heteroatoms. The molecule has 0 saturated heterocycles. The van der Waals surface area contributed by atoms with Crippen molar-refractivity contribution in [3.05, 3.63) is 57.6 Å². The molecule has 6 nitrogen and oxygen atoms in total. The minimum absolute atomic E-state index is 0.0506. The van der Waals surface area contributed by atoms with Crippen LogP contribution in [0.1, 0.15) is 27.1 Å². The van der Waals surface area contributed by atoms with E-state index in [4.69, 9.17) is 27.9 Å². The van der Waals surface area contributed by atoms with Gasteiger partial charge < -0.3 is 10.1 Å². The van der Waals surface area contributed by atoms with Crippen molar-refractivity contribution in [1.29, 1.82) is 0 Å². The quantitative estimate of drug-likeness (QED) is 0.788. The highest BCUT2D eigenvalue weighted by molar-refractivity contribution is 6.43. The number of hydrogen-bond acceptors (Lipinski definition) is 4. The molecular formula is C18H14Cl2N2O4. The van der Waals surface area contributed by atoms with Gasteiger partial charge in [-0.3, -0.25) is 19.3 Å². The number of carbonyl (C=O) groups excluding carboxylic acids is 3. The molecule has 3 rings (SSSR count). The molecule has 26 heavy (non-hydrogen) atoms. The van der Waals surface area contributed by atoms with Crippen molar-refractivity contribution in [2.75, 3.05) is 19.0 Å². The fraction of sp³-hybridized carbons (Fsp3) is 0.167. The molecule has 0 atom stereocenters. The van der Waals surface area contributed by atoms with E-state index in [1.54, 1.807) is 24.3 Å². The zero-order chi connectivity index (χ0) is 18.8. The fourth-order valence-electron chi connectivity index (χ4n) is 2.66. The van der Waals surface area contributed by atoms with Crippen LogP contribution in [0.4, 0.5) is 5.69 Å². The summed E-state index contributed by atoms with van der Waals surface area (Å²) in [5.74, 6) is -0.810. The predicted octanol–water partition coefficient (Wildman–Crippen LogP) is 3.63. The van der Waals surface area contributed by atoms with Gasteiger partial charge in [-0.05, 0) is 24.3 Å². The average molecular weight is 393 g/mol. The summed E-state index contributed by atoms with van der Waals surface area (Å²) in [4.78, 5) is 38.0. The molecule has 1 N–H and O–H groups in total. The summed E-state index contributed by atoms with van der Waals surface area (Å²) in [6, 6.07) is 9.69. The second-order valence-corrected chi connectivity index (χ2v) is 6.39. The van der Waals surface area contributed by atoms with Crippen LogP contribution in [0.5, 0.6) is 5.75 Å². The highest BCUT2D eigenvalue weighted by atomic mass is 35.5. The van der Waals surface area contributed by atoms with Crippen LogP contribution in [-0.2, 0) is 4.79 Å². The van der Waals surface area contributed by atoms with Crippen LogP contribution in [0.15, 0.2) is 36.4 Å². The standard InChI is InChI=1S/C18H14Cl2N2O4/c1-26-15-5-3-2-4-14(15)21-16(23)6-7-22-17(24)10-8-12(19)13(20)9-11(10)18(22)25/h2-5,8-9H,6-7H2,1H3,(H,21,23). The molecule has 0 bridgehead atoms. The molecule has 0 spiro atoms. The van der Waals surface area contributed by atoms with Gasteiger partial charge in [-0.2, -0.15) is 0 Å². The van der Waals surface area contributed by atoms with Crippen molar-refractivity contribution in [2.45, 2.75) is 6.42 Å². The topological polar surface area (TPSA) is 75.7 Å². The van der Waals surface area contributed by atoms with Crippen molar-refractivity contribution in [3.63, 3.8) is 0 Å². The number of rotatable bonds is 5. The maximum atomic E-state index is 12.4. The Morgan fingerprint density at radius 2 is 1.65 bits per heavy atom. The van der Waals surface area contributed by atoms with E-state index < -0.39 is 11.8 Å². The van der Waals surface area contributed by atoms with Gasteiger partial charge in [0.15, 0.2) is 0 Å². The first kappa shape index (κ1) is 18.2. The zero-order valence-electron chi connectivity index (χ0n) is 13.7. The molecule has 1 aliphatic heterocycles. The monoisotopic (exact) mass is 392 g/mol. The molecule has 3 amide bonds. The number of carbonyl (C=O) groups is 3. The predicted molar refractivity (Wildman–Crippen MR) is 98.1 cm³/mol.